The van der Waals surface area contributed by atoms with Crippen LogP contribution >= 0.6 is 11.3 Å². The molecule has 2 aromatic carbocycles. The van der Waals surface area contributed by atoms with Crippen LogP contribution in [0.3, 0.4) is 0 Å². The van der Waals surface area contributed by atoms with Crippen molar-refractivity contribution < 1.29 is 4.79 Å². The van der Waals surface area contributed by atoms with Gasteiger partial charge in [0.15, 0.2) is 5.13 Å². The first-order chi connectivity index (χ1) is 10.7. The van der Waals surface area contributed by atoms with Crippen LogP contribution in [0, 0.1) is 0 Å². The van der Waals surface area contributed by atoms with Crippen LogP contribution in [0.5, 0.6) is 0 Å². The molecule has 1 heterocycles. The first-order valence-electron chi connectivity index (χ1n) is 6.96. The highest BCUT2D eigenvalue weighted by Crippen LogP contribution is 2.15. The van der Waals surface area contributed by atoms with E-state index >= 15 is 0 Å². The summed E-state index contributed by atoms with van der Waals surface area (Å²) in [5.74, 6) is -0.137. The lowest BCUT2D eigenvalue weighted by Gasteiger charge is -2.04. The van der Waals surface area contributed by atoms with Crippen LogP contribution < -0.4 is 10.1 Å². The van der Waals surface area contributed by atoms with Crippen molar-refractivity contribution >= 4 is 33.3 Å². The third-order valence-corrected chi connectivity index (χ3v) is 4.06. The van der Waals surface area contributed by atoms with Crippen molar-refractivity contribution in [3.8, 4) is 0 Å². The molecule has 0 radical (unpaired) electrons. The van der Waals surface area contributed by atoms with Crippen LogP contribution in [0.15, 0.2) is 59.4 Å². The summed E-state index contributed by atoms with van der Waals surface area (Å²) in [6.45, 7) is 0. The number of anilines is 1. The SMILES string of the molecule is O=C(CCc1ccccc1)Nc1nc2ccccc2c(=O)s1. The van der Waals surface area contributed by atoms with Crippen molar-refractivity contribution in [3.63, 3.8) is 0 Å². The van der Waals surface area contributed by atoms with Gasteiger partial charge in [-0.15, -0.1) is 0 Å². The van der Waals surface area contributed by atoms with E-state index < -0.39 is 0 Å². The lowest BCUT2D eigenvalue weighted by molar-refractivity contribution is -0.116. The van der Waals surface area contributed by atoms with E-state index in [9.17, 15) is 9.59 Å². The van der Waals surface area contributed by atoms with Crippen LogP contribution in [0.2, 0.25) is 0 Å². The zero-order valence-electron chi connectivity index (χ0n) is 11.8. The third-order valence-electron chi connectivity index (χ3n) is 3.27. The molecule has 1 amide bonds. The number of aryl methyl sites for hydroxylation is 1. The highest BCUT2D eigenvalue weighted by molar-refractivity contribution is 7.13. The van der Waals surface area contributed by atoms with Gasteiger partial charge in [-0.3, -0.25) is 9.59 Å². The Hall–Kier alpha value is -2.53. The number of hydrogen-bond acceptors (Lipinski definition) is 4. The van der Waals surface area contributed by atoms with Gasteiger partial charge >= 0.3 is 0 Å². The third kappa shape index (κ3) is 3.38. The average molecular weight is 310 g/mol. The van der Waals surface area contributed by atoms with Gasteiger partial charge in [0.1, 0.15) is 0 Å². The number of nitrogens with zero attached hydrogens (tertiary/aromatic N) is 1. The smallest absolute Gasteiger partial charge is 0.245 e. The maximum Gasteiger partial charge on any atom is 0.245 e. The van der Waals surface area contributed by atoms with Gasteiger partial charge in [-0.1, -0.05) is 53.8 Å². The van der Waals surface area contributed by atoms with E-state index in [1.807, 2.05) is 36.4 Å². The second kappa shape index (κ2) is 6.49. The molecule has 0 aliphatic rings. The molecule has 0 atom stereocenters. The summed E-state index contributed by atoms with van der Waals surface area (Å²) < 4.78 is -0.0936. The van der Waals surface area contributed by atoms with Crippen molar-refractivity contribution in [3.05, 3.63) is 69.7 Å². The minimum absolute atomic E-state index is 0.0936. The molecule has 4 nitrogen and oxygen atoms in total. The average Bonchev–Trinajstić information content (AvgIpc) is 2.54. The minimum atomic E-state index is -0.137. The quantitative estimate of drug-likeness (QED) is 0.805. The number of fused-ring (bicyclic) bond motifs is 1. The number of nitrogens with one attached hydrogen (secondary N) is 1. The van der Waals surface area contributed by atoms with Crippen LogP contribution in [0.1, 0.15) is 12.0 Å². The first kappa shape index (κ1) is 14.4. The van der Waals surface area contributed by atoms with Gasteiger partial charge < -0.3 is 5.32 Å². The summed E-state index contributed by atoms with van der Waals surface area (Å²) in [5, 5.41) is 3.64. The lowest BCUT2D eigenvalue weighted by atomic mass is 10.1. The number of rotatable bonds is 4. The van der Waals surface area contributed by atoms with Crippen molar-refractivity contribution in [1.29, 1.82) is 0 Å². The molecular formula is C17H14N2O2S. The Morgan fingerprint density at radius 1 is 1.05 bits per heavy atom. The maximum atomic E-state index is 12.0. The zero-order chi connectivity index (χ0) is 15.4. The molecule has 0 bridgehead atoms. The summed E-state index contributed by atoms with van der Waals surface area (Å²) in [7, 11) is 0. The van der Waals surface area contributed by atoms with Gasteiger partial charge in [0.2, 0.25) is 10.6 Å². The van der Waals surface area contributed by atoms with E-state index in [0.29, 0.717) is 28.9 Å². The number of carbonyl (C=O) groups excluding carboxylic acids is 1. The number of aromatic nitrogens is 1. The normalized spacial score (nSPS) is 10.5. The number of carbonyl (C=O) groups is 1. The number of hydrogen-bond donors (Lipinski definition) is 1. The first-order valence-corrected chi connectivity index (χ1v) is 7.78. The van der Waals surface area contributed by atoms with E-state index in [1.165, 1.54) is 0 Å². The Kier molecular flexibility index (Phi) is 4.25. The second-order valence-corrected chi connectivity index (χ2v) is 5.82. The molecule has 0 aliphatic heterocycles. The highest BCUT2D eigenvalue weighted by Gasteiger charge is 2.08. The molecule has 3 rings (SSSR count). The summed E-state index contributed by atoms with van der Waals surface area (Å²) >= 11 is 0.958. The Morgan fingerprint density at radius 3 is 2.59 bits per heavy atom. The molecule has 1 aromatic heterocycles. The summed E-state index contributed by atoms with van der Waals surface area (Å²) in [6, 6.07) is 16.9. The molecular weight excluding hydrogens is 296 g/mol. The van der Waals surface area contributed by atoms with Gasteiger partial charge in [-0.2, -0.15) is 0 Å². The van der Waals surface area contributed by atoms with Gasteiger partial charge in [-0.25, -0.2) is 4.98 Å². The zero-order valence-corrected chi connectivity index (χ0v) is 12.6. The molecule has 1 N–H and O–H groups in total. The minimum Gasteiger partial charge on any atom is -0.302 e. The van der Waals surface area contributed by atoms with Crippen molar-refractivity contribution in [1.82, 2.24) is 4.98 Å². The largest absolute Gasteiger partial charge is 0.302 e. The summed E-state index contributed by atoms with van der Waals surface area (Å²) in [5.41, 5.74) is 1.71. The lowest BCUT2D eigenvalue weighted by Crippen LogP contribution is -2.14. The fraction of sp³-hybridized carbons (Fsp3) is 0.118. The van der Waals surface area contributed by atoms with Crippen LogP contribution in [-0.2, 0) is 11.2 Å². The Morgan fingerprint density at radius 2 is 1.77 bits per heavy atom. The van der Waals surface area contributed by atoms with Crippen LogP contribution in [0.4, 0.5) is 5.13 Å². The van der Waals surface area contributed by atoms with E-state index in [0.717, 1.165) is 16.9 Å². The van der Waals surface area contributed by atoms with E-state index in [2.05, 4.69) is 10.3 Å². The van der Waals surface area contributed by atoms with Crippen molar-refractivity contribution in [2.75, 3.05) is 5.32 Å². The molecule has 0 spiro atoms. The van der Waals surface area contributed by atoms with Gasteiger partial charge in [-0.05, 0) is 24.1 Å². The Balaban J connectivity index is 1.70. The van der Waals surface area contributed by atoms with Crippen molar-refractivity contribution in [2.45, 2.75) is 12.8 Å². The molecule has 0 saturated heterocycles. The maximum absolute atomic E-state index is 12.0. The predicted molar refractivity (Wildman–Crippen MR) is 89.3 cm³/mol. The number of benzene rings is 2. The van der Waals surface area contributed by atoms with E-state index in [-0.39, 0.29) is 10.6 Å². The number of para-hydroxylation sites is 1. The Labute approximate surface area is 131 Å². The van der Waals surface area contributed by atoms with Gasteiger partial charge in [0.05, 0.1) is 10.9 Å². The fourth-order valence-electron chi connectivity index (χ4n) is 2.16. The van der Waals surface area contributed by atoms with E-state index in [1.54, 1.807) is 18.2 Å². The van der Waals surface area contributed by atoms with Gasteiger partial charge in [0, 0.05) is 6.42 Å². The molecule has 0 saturated carbocycles. The molecule has 5 heteroatoms. The Bertz CT molecular complexity index is 859. The standard InChI is InChI=1S/C17H14N2O2S/c20-15(11-10-12-6-2-1-3-7-12)19-17-18-14-9-5-4-8-13(14)16(21)22-17/h1-9H,10-11H2,(H,18,19,20). The topological polar surface area (TPSA) is 59.1 Å². The molecule has 3 aromatic rings. The second-order valence-electron chi connectivity index (χ2n) is 4.86. The highest BCUT2D eigenvalue weighted by atomic mass is 32.1. The molecule has 0 unspecified atom stereocenters. The fourth-order valence-corrected chi connectivity index (χ4v) is 2.92. The molecule has 22 heavy (non-hydrogen) atoms. The van der Waals surface area contributed by atoms with Gasteiger partial charge in [0.25, 0.3) is 0 Å². The molecule has 0 fully saturated rings. The van der Waals surface area contributed by atoms with Crippen molar-refractivity contribution in [2.24, 2.45) is 0 Å². The summed E-state index contributed by atoms with van der Waals surface area (Å²) in [6.07, 6.45) is 1.02. The molecule has 0 aliphatic carbocycles. The monoisotopic (exact) mass is 310 g/mol. The molecule has 110 valence electrons. The van der Waals surface area contributed by atoms with E-state index in [4.69, 9.17) is 0 Å². The van der Waals surface area contributed by atoms with Crippen LogP contribution in [0.25, 0.3) is 10.9 Å². The predicted octanol–water partition coefficient (Wildman–Crippen LogP) is 3.23. The number of amides is 1. The summed E-state index contributed by atoms with van der Waals surface area (Å²) in [4.78, 5) is 28.3. The van der Waals surface area contributed by atoms with Crippen LogP contribution in [-0.4, -0.2) is 10.9 Å².